The molecule has 0 saturated heterocycles. The minimum atomic E-state index is -3.87. The van der Waals surface area contributed by atoms with Crippen LogP contribution in [0.4, 0.5) is 0 Å². The number of carbonyl (C=O) groups excluding carboxylic acids is 1. The Labute approximate surface area is 156 Å². The molecule has 1 amide bonds. The third-order valence-corrected chi connectivity index (χ3v) is 5.82. The monoisotopic (exact) mass is 373 g/mol. The Morgan fingerprint density at radius 2 is 1.69 bits per heavy atom. The zero-order valence-electron chi connectivity index (χ0n) is 15.9. The van der Waals surface area contributed by atoms with E-state index in [0.717, 1.165) is 17.5 Å². The van der Waals surface area contributed by atoms with Crippen molar-refractivity contribution in [3.05, 3.63) is 65.2 Å². The minimum Gasteiger partial charge on any atom is -0.274 e. The van der Waals surface area contributed by atoms with Crippen molar-refractivity contribution >= 4 is 15.9 Å². The molecule has 0 spiro atoms. The molecule has 0 fully saturated rings. The third-order valence-electron chi connectivity index (χ3n) is 4.30. The lowest BCUT2D eigenvalue weighted by molar-refractivity contribution is -0.119. The molecule has 0 aliphatic rings. The van der Waals surface area contributed by atoms with Crippen molar-refractivity contribution in [2.75, 3.05) is 0 Å². The highest BCUT2D eigenvalue weighted by Crippen LogP contribution is 2.26. The van der Waals surface area contributed by atoms with Crippen LogP contribution >= 0.6 is 0 Å². The predicted molar refractivity (Wildman–Crippen MR) is 105 cm³/mol. The van der Waals surface area contributed by atoms with Crippen LogP contribution in [-0.4, -0.2) is 14.3 Å². The van der Waals surface area contributed by atoms with Crippen molar-refractivity contribution in [1.29, 1.82) is 0 Å². The number of sulfonamides is 1. The molecule has 0 unspecified atom stereocenters. The van der Waals surface area contributed by atoms with Gasteiger partial charge in [0.15, 0.2) is 0 Å². The van der Waals surface area contributed by atoms with Crippen LogP contribution in [0.1, 0.15) is 50.3 Å². The van der Waals surface area contributed by atoms with Crippen molar-refractivity contribution in [2.45, 2.75) is 57.3 Å². The Morgan fingerprint density at radius 3 is 2.31 bits per heavy atom. The number of nitrogens with one attached hydrogen (secondary N) is 1. The number of rotatable bonds is 6. The number of benzene rings is 2. The summed E-state index contributed by atoms with van der Waals surface area (Å²) in [5.41, 5.74) is 2.51. The Hall–Kier alpha value is -2.14. The molecule has 2 rings (SSSR count). The topological polar surface area (TPSA) is 63.2 Å². The normalized spacial score (nSPS) is 12.0. The van der Waals surface area contributed by atoms with Crippen LogP contribution < -0.4 is 4.72 Å². The highest BCUT2D eigenvalue weighted by Gasteiger charge is 2.23. The average Bonchev–Trinajstić information content (AvgIpc) is 2.54. The quantitative estimate of drug-likeness (QED) is 0.828. The fraction of sp³-hybridized carbons (Fsp3) is 0.381. The molecule has 0 saturated carbocycles. The molecular formula is C21H27NO3S. The van der Waals surface area contributed by atoms with Crippen LogP contribution in [0, 0.1) is 6.92 Å². The highest BCUT2D eigenvalue weighted by molar-refractivity contribution is 7.90. The summed E-state index contributed by atoms with van der Waals surface area (Å²) in [4.78, 5) is 12.3. The summed E-state index contributed by atoms with van der Waals surface area (Å²) in [5.74, 6) is -0.471. The summed E-state index contributed by atoms with van der Waals surface area (Å²) in [6.07, 6.45) is 1.52. The van der Waals surface area contributed by atoms with Gasteiger partial charge in [-0.15, -0.1) is 0 Å². The van der Waals surface area contributed by atoms with E-state index in [4.69, 9.17) is 0 Å². The maximum absolute atomic E-state index is 12.6. The van der Waals surface area contributed by atoms with Crippen molar-refractivity contribution in [1.82, 2.24) is 4.72 Å². The number of hydrogen-bond acceptors (Lipinski definition) is 3. The van der Waals surface area contributed by atoms with Crippen LogP contribution in [0.25, 0.3) is 0 Å². The summed E-state index contributed by atoms with van der Waals surface area (Å²) >= 11 is 0. The van der Waals surface area contributed by atoms with Gasteiger partial charge in [-0.25, -0.2) is 13.1 Å². The van der Waals surface area contributed by atoms with Crippen LogP contribution in [0.3, 0.4) is 0 Å². The van der Waals surface area contributed by atoms with Gasteiger partial charge in [0.05, 0.1) is 4.90 Å². The van der Waals surface area contributed by atoms with Crippen molar-refractivity contribution in [3.63, 3.8) is 0 Å². The van der Waals surface area contributed by atoms with E-state index in [1.54, 1.807) is 19.1 Å². The minimum absolute atomic E-state index is 0.168. The zero-order valence-corrected chi connectivity index (χ0v) is 16.7. The molecule has 2 aromatic rings. The maximum Gasteiger partial charge on any atom is 0.264 e. The Bertz CT molecular complexity index is 866. The van der Waals surface area contributed by atoms with Crippen LogP contribution in [0.2, 0.25) is 0 Å². The predicted octanol–water partition coefficient (Wildman–Crippen LogP) is 4.12. The smallest absolute Gasteiger partial charge is 0.264 e. The Morgan fingerprint density at radius 1 is 1.04 bits per heavy atom. The summed E-state index contributed by atoms with van der Waals surface area (Å²) in [5, 5.41) is 0. The van der Waals surface area contributed by atoms with E-state index in [0.29, 0.717) is 12.0 Å². The molecule has 0 atom stereocenters. The van der Waals surface area contributed by atoms with E-state index >= 15 is 0 Å². The molecular weight excluding hydrogens is 346 g/mol. The van der Waals surface area contributed by atoms with E-state index in [1.165, 1.54) is 0 Å². The summed E-state index contributed by atoms with van der Waals surface area (Å²) in [6, 6.07) is 15.2. The van der Waals surface area contributed by atoms with E-state index in [9.17, 15) is 13.2 Å². The van der Waals surface area contributed by atoms with Gasteiger partial charge < -0.3 is 0 Å². The molecule has 1 N–H and O–H groups in total. The fourth-order valence-corrected chi connectivity index (χ4v) is 4.00. The standard InChI is InChI=1S/C21H27NO3S/c1-16-13-14-18(21(2,3)4)15-19(16)26(24,25)22-20(23)12-8-11-17-9-6-5-7-10-17/h5-7,9-10,13-15H,8,11-12H2,1-4H3,(H,22,23). The summed E-state index contributed by atoms with van der Waals surface area (Å²) in [6.45, 7) is 7.81. The number of hydrogen-bond donors (Lipinski definition) is 1. The van der Waals surface area contributed by atoms with Gasteiger partial charge in [-0.05, 0) is 47.9 Å². The second-order valence-corrected chi connectivity index (χ2v) is 9.25. The SMILES string of the molecule is Cc1ccc(C(C)(C)C)cc1S(=O)(=O)NC(=O)CCCc1ccccc1. The summed E-state index contributed by atoms with van der Waals surface area (Å²) < 4.78 is 27.5. The first-order chi connectivity index (χ1) is 12.1. The van der Waals surface area contributed by atoms with Gasteiger partial charge in [0.1, 0.15) is 0 Å². The van der Waals surface area contributed by atoms with Gasteiger partial charge >= 0.3 is 0 Å². The van der Waals surface area contributed by atoms with Gasteiger partial charge in [-0.3, -0.25) is 4.79 Å². The second-order valence-electron chi connectivity index (χ2n) is 7.60. The maximum atomic E-state index is 12.6. The van der Waals surface area contributed by atoms with Crippen molar-refractivity contribution in [3.8, 4) is 0 Å². The molecule has 4 nitrogen and oxygen atoms in total. The largest absolute Gasteiger partial charge is 0.274 e. The molecule has 0 radical (unpaired) electrons. The van der Waals surface area contributed by atoms with Gasteiger partial charge in [-0.2, -0.15) is 0 Å². The Kier molecular flexibility index (Phi) is 6.24. The molecule has 0 aromatic heterocycles. The van der Waals surface area contributed by atoms with Crippen LogP contribution in [0.15, 0.2) is 53.4 Å². The molecule has 0 bridgehead atoms. The molecule has 26 heavy (non-hydrogen) atoms. The van der Waals surface area contributed by atoms with E-state index in [2.05, 4.69) is 4.72 Å². The first-order valence-electron chi connectivity index (χ1n) is 8.80. The molecule has 0 aliphatic heterocycles. The lowest BCUT2D eigenvalue weighted by Gasteiger charge is -2.20. The highest BCUT2D eigenvalue weighted by atomic mass is 32.2. The first-order valence-corrected chi connectivity index (χ1v) is 10.3. The lowest BCUT2D eigenvalue weighted by atomic mass is 9.87. The van der Waals surface area contributed by atoms with E-state index in [1.807, 2.05) is 57.2 Å². The summed E-state index contributed by atoms with van der Waals surface area (Å²) in [7, 11) is -3.87. The number of amides is 1. The molecule has 0 heterocycles. The van der Waals surface area contributed by atoms with Crippen LogP contribution in [0.5, 0.6) is 0 Å². The molecule has 0 aliphatic carbocycles. The second kappa shape index (κ2) is 8.04. The molecule has 2 aromatic carbocycles. The van der Waals surface area contributed by atoms with Crippen LogP contribution in [-0.2, 0) is 26.7 Å². The zero-order chi connectivity index (χ0) is 19.4. The number of carbonyl (C=O) groups is 1. The van der Waals surface area contributed by atoms with Gasteiger partial charge in [0.25, 0.3) is 10.0 Å². The Balaban J connectivity index is 2.05. The van der Waals surface area contributed by atoms with Crippen molar-refractivity contribution in [2.24, 2.45) is 0 Å². The van der Waals surface area contributed by atoms with Crippen molar-refractivity contribution < 1.29 is 13.2 Å². The van der Waals surface area contributed by atoms with Gasteiger partial charge in [-0.1, -0.05) is 63.2 Å². The lowest BCUT2D eigenvalue weighted by Crippen LogP contribution is -2.31. The van der Waals surface area contributed by atoms with Gasteiger partial charge in [0, 0.05) is 6.42 Å². The van der Waals surface area contributed by atoms with Gasteiger partial charge in [0.2, 0.25) is 5.91 Å². The molecule has 140 valence electrons. The van der Waals surface area contributed by atoms with E-state index < -0.39 is 15.9 Å². The fourth-order valence-electron chi connectivity index (χ4n) is 2.71. The average molecular weight is 374 g/mol. The first kappa shape index (κ1) is 20.2. The molecule has 5 heteroatoms. The van der Waals surface area contributed by atoms with E-state index in [-0.39, 0.29) is 16.7 Å². The third kappa shape index (κ3) is 5.43. The number of aryl methyl sites for hydroxylation is 2.